The van der Waals surface area contributed by atoms with Crippen LogP contribution in [0, 0.1) is 11.7 Å². The van der Waals surface area contributed by atoms with Crippen LogP contribution in [0.25, 0.3) is 10.2 Å². The van der Waals surface area contributed by atoms with Crippen molar-refractivity contribution in [1.29, 1.82) is 0 Å². The van der Waals surface area contributed by atoms with Crippen molar-refractivity contribution in [2.75, 3.05) is 4.90 Å². The molecule has 1 amide bonds. The lowest BCUT2D eigenvalue weighted by atomic mass is 9.77. The summed E-state index contributed by atoms with van der Waals surface area (Å²) in [5.74, 6) is -0.437. The van der Waals surface area contributed by atoms with E-state index in [1.54, 1.807) is 17.0 Å². The number of Topliss-reactive ketones (excluding diaryl/α,β-unsaturated/α-hetero) is 1. The lowest BCUT2D eigenvalue weighted by molar-refractivity contribution is -0.131. The second-order valence-electron chi connectivity index (χ2n) is 9.66. The summed E-state index contributed by atoms with van der Waals surface area (Å²) in [6.45, 7) is 4.27. The number of hydrogen-bond donors (Lipinski definition) is 0. The molecule has 3 unspecified atom stereocenters. The van der Waals surface area contributed by atoms with E-state index in [2.05, 4.69) is 26.0 Å². The molecule has 0 radical (unpaired) electrons. The molecule has 3 aromatic rings. The largest absolute Gasteiger partial charge is 0.483 e. The fourth-order valence-electron chi connectivity index (χ4n) is 5.39. The van der Waals surface area contributed by atoms with Crippen LogP contribution >= 0.6 is 11.3 Å². The highest BCUT2D eigenvalue weighted by atomic mass is 32.1. The van der Waals surface area contributed by atoms with Gasteiger partial charge < -0.3 is 4.74 Å². The Bertz CT molecular complexity index is 1340. The van der Waals surface area contributed by atoms with E-state index in [-0.39, 0.29) is 35.3 Å². The van der Waals surface area contributed by atoms with Gasteiger partial charge in [0, 0.05) is 0 Å². The molecule has 7 heteroatoms. The maximum absolute atomic E-state index is 13.7. The van der Waals surface area contributed by atoms with Crippen LogP contribution in [0.15, 0.2) is 53.8 Å². The first-order chi connectivity index (χ1) is 16.4. The third kappa shape index (κ3) is 3.28. The first-order valence-electron chi connectivity index (χ1n) is 11.9. The summed E-state index contributed by atoms with van der Waals surface area (Å²) < 4.78 is 21.0. The maximum atomic E-state index is 13.7. The molecule has 1 aliphatic carbocycles. The number of rotatable bonds is 3. The predicted octanol–water partition coefficient (Wildman–Crippen LogP) is 6.06. The number of anilines is 1. The van der Waals surface area contributed by atoms with Gasteiger partial charge in [0.2, 0.25) is 0 Å². The van der Waals surface area contributed by atoms with Crippen LogP contribution < -0.4 is 4.90 Å². The first kappa shape index (κ1) is 21.5. The summed E-state index contributed by atoms with van der Waals surface area (Å²) in [6.07, 6.45) is 3.27. The minimum Gasteiger partial charge on any atom is -0.483 e. The minimum absolute atomic E-state index is 0.0145. The molecule has 2 aliphatic heterocycles. The Balaban J connectivity index is 1.49. The smallest absolute Gasteiger partial charge is 0.296 e. The quantitative estimate of drug-likeness (QED) is 0.461. The SMILES string of the molecule is CC(C)c1ccc2nc(N3C(=O)C4=C(C(=O)C5CCCCC5O4)C3c3ccc(F)cc3)sc2c1. The second-order valence-corrected chi connectivity index (χ2v) is 10.7. The standard InChI is InChI=1S/C27H25FN2O3S/c1-14(2)16-9-12-19-21(13-16)34-27(29-19)30-23(15-7-10-17(28)11-8-15)22-24(31)18-5-3-4-6-20(18)33-25(22)26(30)32/h7-14,18,20,23H,3-6H2,1-2H3. The fourth-order valence-corrected chi connectivity index (χ4v) is 6.43. The van der Waals surface area contributed by atoms with Gasteiger partial charge in [-0.05, 0) is 60.6 Å². The van der Waals surface area contributed by atoms with E-state index in [1.807, 2.05) is 6.07 Å². The molecule has 1 saturated carbocycles. The number of halogens is 1. The van der Waals surface area contributed by atoms with Gasteiger partial charge in [-0.15, -0.1) is 0 Å². The molecule has 6 rings (SSSR count). The Kier molecular flexibility index (Phi) is 5.06. The predicted molar refractivity (Wildman–Crippen MR) is 129 cm³/mol. The molecule has 0 N–H and O–H groups in total. The molecule has 5 nitrogen and oxygen atoms in total. The summed E-state index contributed by atoms with van der Waals surface area (Å²) in [6, 6.07) is 11.5. The average molecular weight is 477 g/mol. The third-order valence-electron chi connectivity index (χ3n) is 7.22. The number of thiazole rings is 1. The molecule has 3 aliphatic rings. The number of fused-ring (bicyclic) bond motifs is 2. The van der Waals surface area contributed by atoms with Crippen LogP contribution in [0.1, 0.15) is 62.6 Å². The van der Waals surface area contributed by atoms with Gasteiger partial charge in [0.1, 0.15) is 11.9 Å². The Morgan fingerprint density at radius 2 is 1.85 bits per heavy atom. The summed E-state index contributed by atoms with van der Waals surface area (Å²) >= 11 is 1.43. The van der Waals surface area contributed by atoms with E-state index in [1.165, 1.54) is 29.0 Å². The number of carbonyl (C=O) groups is 2. The summed E-state index contributed by atoms with van der Waals surface area (Å²) in [5.41, 5.74) is 3.07. The van der Waals surface area contributed by atoms with Gasteiger partial charge in [0.15, 0.2) is 16.7 Å². The number of ketones is 1. The third-order valence-corrected chi connectivity index (χ3v) is 8.24. The lowest BCUT2D eigenvalue weighted by Gasteiger charge is -2.35. The molecular formula is C27H25FN2O3S. The number of ether oxygens (including phenoxy) is 1. The zero-order chi connectivity index (χ0) is 23.6. The van der Waals surface area contributed by atoms with Gasteiger partial charge in [0.25, 0.3) is 5.91 Å². The van der Waals surface area contributed by atoms with Crippen LogP contribution in [-0.2, 0) is 14.3 Å². The maximum Gasteiger partial charge on any atom is 0.296 e. The summed E-state index contributed by atoms with van der Waals surface area (Å²) in [4.78, 5) is 33.8. The number of aromatic nitrogens is 1. The van der Waals surface area contributed by atoms with E-state index >= 15 is 0 Å². The minimum atomic E-state index is -0.677. The van der Waals surface area contributed by atoms with Gasteiger partial charge in [0.05, 0.1) is 27.7 Å². The molecule has 174 valence electrons. The number of benzene rings is 2. The van der Waals surface area contributed by atoms with Crippen LogP contribution in [0.3, 0.4) is 0 Å². The molecular weight excluding hydrogens is 451 g/mol. The Morgan fingerprint density at radius 3 is 2.62 bits per heavy atom. The van der Waals surface area contributed by atoms with Crippen molar-refractivity contribution in [3.8, 4) is 0 Å². The Labute approximate surface area is 201 Å². The van der Waals surface area contributed by atoms with E-state index in [9.17, 15) is 14.0 Å². The molecule has 0 spiro atoms. The van der Waals surface area contributed by atoms with E-state index < -0.39 is 6.04 Å². The highest BCUT2D eigenvalue weighted by molar-refractivity contribution is 7.22. The van der Waals surface area contributed by atoms with Crippen LogP contribution in [0.4, 0.5) is 9.52 Å². The van der Waals surface area contributed by atoms with E-state index in [4.69, 9.17) is 9.72 Å². The normalized spacial score (nSPS) is 24.6. The highest BCUT2D eigenvalue weighted by Crippen LogP contribution is 2.49. The zero-order valence-electron chi connectivity index (χ0n) is 19.1. The summed E-state index contributed by atoms with van der Waals surface area (Å²) in [7, 11) is 0. The van der Waals surface area contributed by atoms with Crippen LogP contribution in [0.5, 0.6) is 0 Å². The summed E-state index contributed by atoms with van der Waals surface area (Å²) in [5, 5.41) is 0.518. The van der Waals surface area contributed by atoms with Gasteiger partial charge in [-0.3, -0.25) is 14.5 Å². The van der Waals surface area contributed by atoms with Gasteiger partial charge in [-0.2, -0.15) is 0 Å². The van der Waals surface area contributed by atoms with Gasteiger partial charge in [-0.25, -0.2) is 9.37 Å². The zero-order valence-corrected chi connectivity index (χ0v) is 19.9. The molecule has 2 aromatic carbocycles. The average Bonchev–Trinajstić information content (AvgIpc) is 3.38. The number of carbonyl (C=O) groups excluding carboxylic acids is 2. The van der Waals surface area contributed by atoms with Crippen LogP contribution in [0.2, 0.25) is 0 Å². The van der Waals surface area contributed by atoms with Crippen molar-refractivity contribution >= 4 is 38.4 Å². The monoisotopic (exact) mass is 476 g/mol. The Morgan fingerprint density at radius 1 is 1.09 bits per heavy atom. The van der Waals surface area contributed by atoms with Crippen molar-refractivity contribution < 1.29 is 18.7 Å². The second kappa shape index (κ2) is 8.01. The Hall–Kier alpha value is -3.06. The topological polar surface area (TPSA) is 59.5 Å². The van der Waals surface area contributed by atoms with Crippen molar-refractivity contribution in [2.45, 2.75) is 57.6 Å². The molecule has 1 aromatic heterocycles. The fraction of sp³-hybridized carbons (Fsp3) is 0.370. The van der Waals surface area contributed by atoms with Crippen molar-refractivity contribution in [3.63, 3.8) is 0 Å². The first-order valence-corrected chi connectivity index (χ1v) is 12.7. The number of nitrogens with zero attached hydrogens (tertiary/aromatic N) is 2. The lowest BCUT2D eigenvalue weighted by Crippen LogP contribution is -2.39. The van der Waals surface area contributed by atoms with E-state index in [0.717, 1.165) is 35.9 Å². The van der Waals surface area contributed by atoms with Crippen LogP contribution in [-0.4, -0.2) is 22.8 Å². The van der Waals surface area contributed by atoms with Crippen molar-refractivity contribution in [1.82, 2.24) is 4.98 Å². The van der Waals surface area contributed by atoms with Gasteiger partial charge in [-0.1, -0.05) is 49.8 Å². The van der Waals surface area contributed by atoms with Gasteiger partial charge >= 0.3 is 0 Å². The van der Waals surface area contributed by atoms with Crippen molar-refractivity contribution in [3.05, 3.63) is 70.7 Å². The molecule has 0 bridgehead atoms. The highest BCUT2D eigenvalue weighted by Gasteiger charge is 2.53. The van der Waals surface area contributed by atoms with E-state index in [0.29, 0.717) is 22.2 Å². The molecule has 3 atom stereocenters. The molecule has 34 heavy (non-hydrogen) atoms. The van der Waals surface area contributed by atoms with Crippen molar-refractivity contribution in [2.24, 2.45) is 5.92 Å². The molecule has 0 saturated heterocycles. The number of amides is 1. The molecule has 1 fully saturated rings. The number of hydrogen-bond acceptors (Lipinski definition) is 5. The molecule has 3 heterocycles.